The van der Waals surface area contributed by atoms with Crippen molar-refractivity contribution >= 4 is 41.3 Å². The Bertz CT molecular complexity index is 553. The molecule has 1 fully saturated rings. The molecule has 0 saturated heterocycles. The Hall–Kier alpha value is -0.410. The Morgan fingerprint density at radius 2 is 2.04 bits per heavy atom. The third-order valence-electron chi connectivity index (χ3n) is 5.29. The second kappa shape index (κ2) is 7.65. The molecule has 1 aromatic heterocycles. The van der Waals surface area contributed by atoms with Crippen LogP contribution in [-0.2, 0) is 11.3 Å². The van der Waals surface area contributed by atoms with Crippen LogP contribution in [0, 0.1) is 19.3 Å². The van der Waals surface area contributed by atoms with E-state index in [2.05, 4.69) is 48.3 Å². The molecule has 0 radical (unpaired) electrons. The molecular weight excluding hydrogens is 423 g/mol. The van der Waals surface area contributed by atoms with Gasteiger partial charge in [0.2, 0.25) is 0 Å². The normalized spacial score (nSPS) is 26.2. The van der Waals surface area contributed by atoms with Crippen molar-refractivity contribution in [3.8, 4) is 0 Å². The Balaban J connectivity index is 0.00000264. The lowest BCUT2D eigenvalue weighted by molar-refractivity contribution is -0.176. The lowest BCUT2D eigenvalue weighted by Crippen LogP contribution is -2.69. The molecule has 7 heteroatoms. The first-order valence-corrected chi connectivity index (χ1v) is 8.50. The van der Waals surface area contributed by atoms with Gasteiger partial charge in [0, 0.05) is 30.5 Å². The number of aryl methyl sites for hydroxylation is 2. The molecule has 1 saturated carbocycles. The fraction of sp³-hybridized carbons (Fsp3) is 0.750. The summed E-state index contributed by atoms with van der Waals surface area (Å²) in [5.41, 5.74) is 1.10. The second-order valence-corrected chi connectivity index (χ2v) is 8.02. The average molecular weight is 452 g/mol. The minimum atomic E-state index is -0.0763. The highest BCUT2D eigenvalue weighted by atomic mass is 127. The van der Waals surface area contributed by atoms with Gasteiger partial charge < -0.3 is 15.4 Å². The summed E-state index contributed by atoms with van der Waals surface area (Å²) in [6.07, 6.45) is 0.979. The van der Waals surface area contributed by atoms with Crippen LogP contribution >= 0.6 is 35.3 Å². The highest BCUT2D eigenvalue weighted by Crippen LogP contribution is 2.51. The number of hydrogen-bond donors (Lipinski definition) is 2. The van der Waals surface area contributed by atoms with E-state index in [9.17, 15) is 0 Å². The first-order chi connectivity index (χ1) is 10.2. The molecular formula is C16H29IN4OS. The number of thiazole rings is 1. The number of halogens is 1. The van der Waals surface area contributed by atoms with Gasteiger partial charge in [-0.1, -0.05) is 13.8 Å². The number of aliphatic imine (C=N–C) groups is 1. The van der Waals surface area contributed by atoms with Crippen LogP contribution in [0.2, 0.25) is 0 Å². The predicted molar refractivity (Wildman–Crippen MR) is 108 cm³/mol. The smallest absolute Gasteiger partial charge is 0.191 e. The van der Waals surface area contributed by atoms with Crippen LogP contribution in [0.1, 0.15) is 42.8 Å². The van der Waals surface area contributed by atoms with Crippen molar-refractivity contribution in [3.05, 3.63) is 15.6 Å². The van der Waals surface area contributed by atoms with Crippen LogP contribution in [0.3, 0.4) is 0 Å². The summed E-state index contributed by atoms with van der Waals surface area (Å²) >= 11 is 1.73. The van der Waals surface area contributed by atoms with E-state index in [0.29, 0.717) is 12.6 Å². The van der Waals surface area contributed by atoms with E-state index < -0.39 is 0 Å². The average Bonchev–Trinajstić information content (AvgIpc) is 2.80. The predicted octanol–water partition coefficient (Wildman–Crippen LogP) is 3.25. The Morgan fingerprint density at radius 3 is 2.48 bits per heavy atom. The van der Waals surface area contributed by atoms with Crippen molar-refractivity contribution in [2.75, 3.05) is 14.2 Å². The van der Waals surface area contributed by atoms with Gasteiger partial charge in [-0.15, -0.1) is 35.3 Å². The highest BCUT2D eigenvalue weighted by molar-refractivity contribution is 14.0. The van der Waals surface area contributed by atoms with Crippen molar-refractivity contribution in [3.63, 3.8) is 0 Å². The van der Waals surface area contributed by atoms with Crippen LogP contribution in [0.25, 0.3) is 0 Å². The number of nitrogens with one attached hydrogen (secondary N) is 2. The maximum atomic E-state index is 5.67. The van der Waals surface area contributed by atoms with Gasteiger partial charge in [-0.05, 0) is 27.2 Å². The van der Waals surface area contributed by atoms with Crippen LogP contribution in [0.5, 0.6) is 0 Å². The van der Waals surface area contributed by atoms with E-state index in [1.807, 2.05) is 6.92 Å². The third kappa shape index (κ3) is 3.99. The number of aromatic nitrogens is 1. The van der Waals surface area contributed by atoms with Crippen LogP contribution in [0.4, 0.5) is 0 Å². The first kappa shape index (κ1) is 20.6. The zero-order valence-corrected chi connectivity index (χ0v) is 18.3. The summed E-state index contributed by atoms with van der Waals surface area (Å²) in [7, 11) is 3.59. The molecule has 1 heterocycles. The molecule has 0 amide bonds. The summed E-state index contributed by atoms with van der Waals surface area (Å²) in [6, 6.07) is 0.350. The summed E-state index contributed by atoms with van der Waals surface area (Å²) in [5.74, 6) is 0.821. The molecule has 0 bridgehead atoms. The summed E-state index contributed by atoms with van der Waals surface area (Å²) in [4.78, 5) is 10.1. The quantitative estimate of drug-likeness (QED) is 0.419. The molecule has 1 aliphatic carbocycles. The zero-order valence-electron chi connectivity index (χ0n) is 15.1. The fourth-order valence-corrected chi connectivity index (χ4v) is 3.73. The van der Waals surface area contributed by atoms with Gasteiger partial charge >= 0.3 is 0 Å². The van der Waals surface area contributed by atoms with Gasteiger partial charge in [-0.2, -0.15) is 0 Å². The molecule has 2 unspecified atom stereocenters. The number of guanidine groups is 1. The van der Waals surface area contributed by atoms with E-state index in [1.54, 1.807) is 25.5 Å². The Morgan fingerprint density at radius 1 is 1.39 bits per heavy atom. The molecule has 23 heavy (non-hydrogen) atoms. The van der Waals surface area contributed by atoms with Crippen molar-refractivity contribution in [1.82, 2.24) is 15.6 Å². The van der Waals surface area contributed by atoms with Gasteiger partial charge in [-0.25, -0.2) is 4.98 Å². The molecule has 2 rings (SSSR count). The number of rotatable bonds is 4. The minimum Gasteiger partial charge on any atom is -0.378 e. The number of nitrogens with zero attached hydrogens (tertiary/aromatic N) is 2. The van der Waals surface area contributed by atoms with Gasteiger partial charge in [0.25, 0.3) is 0 Å². The van der Waals surface area contributed by atoms with Crippen LogP contribution in [0.15, 0.2) is 4.99 Å². The maximum absolute atomic E-state index is 5.67. The molecule has 2 N–H and O–H groups in total. The monoisotopic (exact) mass is 452 g/mol. The van der Waals surface area contributed by atoms with E-state index in [4.69, 9.17) is 4.74 Å². The SMILES string of the molecule is CN=C(NCc1nc(C)c(C)s1)NC1CC(C)(OC)C1(C)C.I. The molecule has 1 aromatic rings. The third-order valence-corrected chi connectivity index (χ3v) is 6.37. The van der Waals surface area contributed by atoms with Gasteiger partial charge in [-0.3, -0.25) is 4.99 Å². The Kier molecular flexibility index (Phi) is 6.86. The second-order valence-electron chi connectivity index (χ2n) is 6.73. The molecule has 2 atom stereocenters. The minimum absolute atomic E-state index is 0. The molecule has 0 spiro atoms. The summed E-state index contributed by atoms with van der Waals surface area (Å²) in [5, 5.41) is 7.96. The van der Waals surface area contributed by atoms with Crippen molar-refractivity contribution in [2.24, 2.45) is 10.4 Å². The first-order valence-electron chi connectivity index (χ1n) is 7.68. The lowest BCUT2D eigenvalue weighted by atomic mass is 9.56. The fourth-order valence-electron chi connectivity index (χ4n) is 2.86. The van der Waals surface area contributed by atoms with Gasteiger partial charge in [0.05, 0.1) is 17.8 Å². The summed E-state index contributed by atoms with van der Waals surface area (Å²) < 4.78 is 5.67. The summed E-state index contributed by atoms with van der Waals surface area (Å²) in [6.45, 7) is 11.5. The zero-order chi connectivity index (χ0) is 16.5. The van der Waals surface area contributed by atoms with E-state index in [1.165, 1.54) is 4.88 Å². The van der Waals surface area contributed by atoms with Crippen LogP contribution < -0.4 is 10.6 Å². The van der Waals surface area contributed by atoms with E-state index >= 15 is 0 Å². The largest absolute Gasteiger partial charge is 0.378 e. The number of hydrogen-bond acceptors (Lipinski definition) is 4. The standard InChI is InChI=1S/C16H28N4OS.HI/c1-10-11(2)22-13(19-10)9-18-14(17-6)20-12-8-16(5,21-7)15(12,3)4;/h12H,8-9H2,1-7H3,(H2,17,18,20);1H. The maximum Gasteiger partial charge on any atom is 0.191 e. The van der Waals surface area contributed by atoms with Crippen molar-refractivity contribution in [2.45, 2.75) is 59.2 Å². The molecule has 5 nitrogen and oxygen atoms in total. The number of methoxy groups -OCH3 is 1. The van der Waals surface area contributed by atoms with Crippen molar-refractivity contribution < 1.29 is 4.74 Å². The van der Waals surface area contributed by atoms with E-state index in [0.717, 1.165) is 23.1 Å². The lowest BCUT2D eigenvalue weighted by Gasteiger charge is -2.59. The van der Waals surface area contributed by atoms with Gasteiger partial charge in [0.1, 0.15) is 5.01 Å². The molecule has 132 valence electrons. The Labute approximate surface area is 160 Å². The number of ether oxygens (including phenoxy) is 1. The molecule has 1 aliphatic rings. The topological polar surface area (TPSA) is 58.5 Å². The van der Waals surface area contributed by atoms with Gasteiger partial charge in [0.15, 0.2) is 5.96 Å². The van der Waals surface area contributed by atoms with Crippen molar-refractivity contribution in [1.29, 1.82) is 0 Å². The molecule has 0 aromatic carbocycles. The van der Waals surface area contributed by atoms with E-state index in [-0.39, 0.29) is 35.0 Å². The van der Waals surface area contributed by atoms with Crippen LogP contribution in [-0.4, -0.2) is 36.7 Å². The molecule has 0 aliphatic heterocycles. The highest BCUT2D eigenvalue weighted by Gasteiger charge is 2.58.